The maximum Gasteiger partial charge on any atom is 0.275 e. The van der Waals surface area contributed by atoms with Crippen molar-refractivity contribution in [1.29, 1.82) is 0 Å². The first-order valence-corrected chi connectivity index (χ1v) is 7.90. The second-order valence-electron chi connectivity index (χ2n) is 6.05. The Morgan fingerprint density at radius 1 is 1.39 bits per heavy atom. The molecule has 0 unspecified atom stereocenters. The first kappa shape index (κ1) is 15.6. The Morgan fingerprint density at radius 3 is 2.78 bits per heavy atom. The first-order chi connectivity index (χ1) is 11.0. The molecule has 0 aliphatic heterocycles. The van der Waals surface area contributed by atoms with E-state index >= 15 is 0 Å². The smallest absolute Gasteiger partial charge is 0.275 e. The fourth-order valence-electron chi connectivity index (χ4n) is 2.77. The molecule has 0 radical (unpaired) electrons. The van der Waals surface area contributed by atoms with Gasteiger partial charge in [-0.25, -0.2) is 4.68 Å². The molecule has 1 saturated carbocycles. The highest BCUT2D eigenvalue weighted by Crippen LogP contribution is 2.30. The monoisotopic (exact) mass is 315 g/mol. The van der Waals surface area contributed by atoms with E-state index in [9.17, 15) is 15.0 Å². The number of amides is 1. The van der Waals surface area contributed by atoms with Gasteiger partial charge in [0, 0.05) is 6.54 Å². The number of nitrogens with zero attached hydrogens (tertiary/aromatic N) is 2. The third kappa shape index (κ3) is 3.07. The van der Waals surface area contributed by atoms with Gasteiger partial charge in [0.1, 0.15) is 0 Å². The third-order valence-electron chi connectivity index (χ3n) is 4.39. The molecule has 0 atom stereocenters. The molecule has 1 heterocycles. The number of hydrogen-bond acceptors (Lipinski definition) is 4. The normalized spacial score (nSPS) is 15.9. The molecular weight excluding hydrogens is 294 g/mol. The predicted molar refractivity (Wildman–Crippen MR) is 85.7 cm³/mol. The van der Waals surface area contributed by atoms with Gasteiger partial charge in [0.05, 0.1) is 17.5 Å². The minimum Gasteiger partial charge on any atom is -0.504 e. The topological polar surface area (TPSA) is 87.4 Å². The number of carbonyl (C=O) groups is 1. The highest BCUT2D eigenvalue weighted by molar-refractivity contribution is 5.94. The van der Waals surface area contributed by atoms with Crippen molar-refractivity contribution in [3.05, 3.63) is 41.7 Å². The standard InChI is InChI=1S/C17H21N3O3/c1-2-12-6-3-4-7-13(12)20-10-14(21)15(19-20)16(22)18-11-17(23)8-5-9-17/h3-4,6-7,10,21,23H,2,5,8-9,11H2,1H3,(H,18,22). The van der Waals surface area contributed by atoms with Gasteiger partial charge in [0.25, 0.3) is 5.91 Å². The van der Waals surface area contributed by atoms with Gasteiger partial charge in [-0.05, 0) is 37.3 Å². The van der Waals surface area contributed by atoms with Crippen LogP contribution >= 0.6 is 0 Å². The number of para-hydroxylation sites is 1. The van der Waals surface area contributed by atoms with Gasteiger partial charge in [-0.3, -0.25) is 4.79 Å². The average Bonchev–Trinajstić information content (AvgIpc) is 2.92. The SMILES string of the molecule is CCc1ccccc1-n1cc(O)c(C(=O)NCC2(O)CCC2)n1. The minimum atomic E-state index is -0.803. The second kappa shape index (κ2) is 6.04. The molecule has 1 aliphatic rings. The number of benzene rings is 1. The average molecular weight is 315 g/mol. The van der Waals surface area contributed by atoms with Crippen LogP contribution in [-0.2, 0) is 6.42 Å². The molecule has 2 aromatic rings. The Balaban J connectivity index is 1.79. The lowest BCUT2D eigenvalue weighted by atomic mass is 9.80. The number of nitrogens with one attached hydrogen (secondary N) is 1. The molecular formula is C17H21N3O3. The van der Waals surface area contributed by atoms with Crippen LogP contribution in [0.15, 0.2) is 30.5 Å². The van der Waals surface area contributed by atoms with Gasteiger partial charge in [0.2, 0.25) is 0 Å². The van der Waals surface area contributed by atoms with Crippen molar-refractivity contribution in [2.45, 2.75) is 38.2 Å². The third-order valence-corrected chi connectivity index (χ3v) is 4.39. The molecule has 0 spiro atoms. The van der Waals surface area contributed by atoms with Gasteiger partial charge in [-0.2, -0.15) is 5.10 Å². The van der Waals surface area contributed by atoms with Gasteiger partial charge >= 0.3 is 0 Å². The summed E-state index contributed by atoms with van der Waals surface area (Å²) in [6, 6.07) is 7.71. The lowest BCUT2D eigenvalue weighted by Gasteiger charge is -2.36. The Kier molecular flexibility index (Phi) is 4.09. The fourth-order valence-corrected chi connectivity index (χ4v) is 2.77. The summed E-state index contributed by atoms with van der Waals surface area (Å²) in [5.74, 6) is -0.649. The Morgan fingerprint density at radius 2 is 2.13 bits per heavy atom. The zero-order chi connectivity index (χ0) is 16.4. The summed E-state index contributed by atoms with van der Waals surface area (Å²) in [6.45, 7) is 2.22. The lowest BCUT2D eigenvalue weighted by molar-refractivity contribution is -0.0301. The molecule has 0 saturated heterocycles. The molecule has 1 aromatic carbocycles. The molecule has 3 N–H and O–H groups in total. The number of aromatic hydroxyl groups is 1. The fraction of sp³-hybridized carbons (Fsp3) is 0.412. The van der Waals surface area contributed by atoms with Crippen molar-refractivity contribution >= 4 is 5.91 Å². The number of aromatic nitrogens is 2. The Bertz CT molecular complexity index is 720. The van der Waals surface area contributed by atoms with E-state index in [-0.39, 0.29) is 18.0 Å². The van der Waals surface area contributed by atoms with E-state index in [0.717, 1.165) is 24.1 Å². The number of carbonyl (C=O) groups excluding carboxylic acids is 1. The number of hydrogen-bond donors (Lipinski definition) is 3. The van der Waals surface area contributed by atoms with E-state index in [2.05, 4.69) is 10.4 Å². The van der Waals surface area contributed by atoms with Crippen LogP contribution in [-0.4, -0.2) is 38.0 Å². The first-order valence-electron chi connectivity index (χ1n) is 7.90. The largest absolute Gasteiger partial charge is 0.504 e. The van der Waals surface area contributed by atoms with Crippen LogP contribution in [0.25, 0.3) is 5.69 Å². The Labute approximate surface area is 134 Å². The maximum absolute atomic E-state index is 12.2. The van der Waals surface area contributed by atoms with Crippen molar-refractivity contribution in [2.75, 3.05) is 6.54 Å². The zero-order valence-electron chi connectivity index (χ0n) is 13.1. The summed E-state index contributed by atoms with van der Waals surface area (Å²) in [6.07, 6.45) is 4.61. The molecule has 0 bridgehead atoms. The Hall–Kier alpha value is -2.34. The van der Waals surface area contributed by atoms with E-state index in [0.29, 0.717) is 12.8 Å². The number of aryl methyl sites for hydroxylation is 1. The van der Waals surface area contributed by atoms with Gasteiger partial charge < -0.3 is 15.5 Å². The minimum absolute atomic E-state index is 0.0289. The molecule has 1 aliphatic carbocycles. The van der Waals surface area contributed by atoms with E-state index in [1.54, 1.807) is 0 Å². The summed E-state index contributed by atoms with van der Waals surface area (Å²) in [4.78, 5) is 12.2. The number of aliphatic hydroxyl groups is 1. The highest BCUT2D eigenvalue weighted by atomic mass is 16.3. The molecule has 3 rings (SSSR count). The van der Waals surface area contributed by atoms with Crippen LogP contribution in [0.2, 0.25) is 0 Å². The summed E-state index contributed by atoms with van der Waals surface area (Å²) in [5, 5.41) is 26.9. The van der Waals surface area contributed by atoms with Crippen LogP contribution in [0.3, 0.4) is 0 Å². The van der Waals surface area contributed by atoms with Crippen LogP contribution < -0.4 is 5.32 Å². The zero-order valence-corrected chi connectivity index (χ0v) is 13.1. The van der Waals surface area contributed by atoms with Crippen molar-refractivity contribution in [3.63, 3.8) is 0 Å². The molecule has 122 valence electrons. The molecule has 23 heavy (non-hydrogen) atoms. The summed E-state index contributed by atoms with van der Waals surface area (Å²) in [7, 11) is 0. The number of rotatable bonds is 5. The van der Waals surface area contributed by atoms with Crippen molar-refractivity contribution in [1.82, 2.24) is 15.1 Å². The van der Waals surface area contributed by atoms with Crippen molar-refractivity contribution < 1.29 is 15.0 Å². The van der Waals surface area contributed by atoms with Gasteiger partial charge in [-0.1, -0.05) is 25.1 Å². The highest BCUT2D eigenvalue weighted by Gasteiger charge is 2.35. The van der Waals surface area contributed by atoms with E-state index < -0.39 is 11.5 Å². The van der Waals surface area contributed by atoms with E-state index in [1.165, 1.54) is 10.9 Å². The summed E-state index contributed by atoms with van der Waals surface area (Å²) >= 11 is 0. The molecule has 1 fully saturated rings. The van der Waals surface area contributed by atoms with Crippen LogP contribution in [0.5, 0.6) is 5.75 Å². The van der Waals surface area contributed by atoms with Crippen molar-refractivity contribution in [3.8, 4) is 11.4 Å². The molecule has 6 nitrogen and oxygen atoms in total. The summed E-state index contributed by atoms with van der Waals surface area (Å²) in [5.41, 5.74) is 1.08. The van der Waals surface area contributed by atoms with Crippen LogP contribution in [0.1, 0.15) is 42.2 Å². The second-order valence-corrected chi connectivity index (χ2v) is 6.05. The van der Waals surface area contributed by atoms with E-state index in [4.69, 9.17) is 0 Å². The maximum atomic E-state index is 12.2. The van der Waals surface area contributed by atoms with E-state index in [1.807, 2.05) is 31.2 Å². The van der Waals surface area contributed by atoms with Gasteiger partial charge in [-0.15, -0.1) is 0 Å². The predicted octanol–water partition coefficient (Wildman–Crippen LogP) is 1.79. The molecule has 6 heteroatoms. The van der Waals surface area contributed by atoms with Crippen LogP contribution in [0, 0.1) is 0 Å². The molecule has 1 aromatic heterocycles. The lowest BCUT2D eigenvalue weighted by Crippen LogP contribution is -2.47. The summed E-state index contributed by atoms with van der Waals surface area (Å²) < 4.78 is 1.52. The molecule has 1 amide bonds. The van der Waals surface area contributed by atoms with Gasteiger partial charge in [0.15, 0.2) is 11.4 Å². The van der Waals surface area contributed by atoms with Crippen LogP contribution in [0.4, 0.5) is 0 Å². The quantitative estimate of drug-likeness (QED) is 0.785. The van der Waals surface area contributed by atoms with Crippen molar-refractivity contribution in [2.24, 2.45) is 0 Å².